The summed E-state index contributed by atoms with van der Waals surface area (Å²) in [5.41, 5.74) is 0.419. The Kier molecular flexibility index (Phi) is 3.63. The fraction of sp³-hybridized carbons (Fsp3) is 0.235. The quantitative estimate of drug-likeness (QED) is 0.769. The van der Waals surface area contributed by atoms with Crippen LogP contribution in [0.4, 0.5) is 4.79 Å². The molecule has 0 atom stereocenters. The second-order valence-corrected chi connectivity index (χ2v) is 6.26. The van der Waals surface area contributed by atoms with E-state index in [1.807, 2.05) is 0 Å². The molecule has 0 aromatic carbocycles. The Hall–Kier alpha value is -3.09. The molecule has 124 valence electrons. The number of aromatic nitrogens is 2. The van der Waals surface area contributed by atoms with Crippen molar-refractivity contribution in [3.8, 4) is 11.5 Å². The van der Waals surface area contributed by atoms with Gasteiger partial charge < -0.3 is 14.3 Å². The Morgan fingerprint density at radius 2 is 2.00 bits per heavy atom. The molecule has 0 amide bonds. The van der Waals surface area contributed by atoms with Crippen LogP contribution in [0.2, 0.25) is 0 Å². The number of ether oxygens (including phenoxy) is 1. The van der Waals surface area contributed by atoms with Gasteiger partial charge >= 0.3 is 12.1 Å². The third-order valence-electron chi connectivity index (χ3n) is 3.23. The van der Waals surface area contributed by atoms with Crippen LogP contribution >= 0.6 is 0 Å². The third kappa shape index (κ3) is 3.01. The highest BCUT2D eigenvalue weighted by Crippen LogP contribution is 2.25. The van der Waals surface area contributed by atoms with Crippen LogP contribution in [-0.2, 0) is 4.74 Å². The number of pyridine rings is 1. The van der Waals surface area contributed by atoms with Crippen LogP contribution in [0.15, 0.2) is 41.1 Å². The maximum atomic E-state index is 12.3. The number of carboxylic acids is 1. The van der Waals surface area contributed by atoms with E-state index in [1.165, 1.54) is 16.7 Å². The molecule has 0 unspecified atom stereocenters. The molecule has 0 saturated heterocycles. The summed E-state index contributed by atoms with van der Waals surface area (Å²) in [5, 5.41) is 9.69. The maximum Gasteiger partial charge on any atom is 0.418 e. The Morgan fingerprint density at radius 1 is 1.25 bits per heavy atom. The monoisotopic (exact) mass is 328 g/mol. The molecule has 0 radical (unpaired) electrons. The highest BCUT2D eigenvalue weighted by atomic mass is 16.6. The van der Waals surface area contributed by atoms with Crippen LogP contribution in [0.25, 0.3) is 22.4 Å². The number of carbonyl (C=O) groups excluding carboxylic acids is 1. The summed E-state index contributed by atoms with van der Waals surface area (Å²) in [6, 6.07) is 6.29. The fourth-order valence-electron chi connectivity index (χ4n) is 2.22. The first-order valence-corrected chi connectivity index (χ1v) is 7.28. The van der Waals surface area contributed by atoms with E-state index in [9.17, 15) is 9.59 Å². The van der Waals surface area contributed by atoms with Crippen molar-refractivity contribution in [2.45, 2.75) is 26.4 Å². The number of nitrogens with zero attached hydrogens (tertiary/aromatic N) is 2. The van der Waals surface area contributed by atoms with Crippen LogP contribution in [0, 0.1) is 0 Å². The molecule has 0 fully saturated rings. The minimum atomic E-state index is -1.15. The smallest absolute Gasteiger partial charge is 0.418 e. The molecule has 24 heavy (non-hydrogen) atoms. The molecule has 3 rings (SSSR count). The van der Waals surface area contributed by atoms with E-state index in [0.29, 0.717) is 17.0 Å². The Labute approximate surface area is 137 Å². The minimum absolute atomic E-state index is 0.172. The van der Waals surface area contributed by atoms with Crippen molar-refractivity contribution in [2.75, 3.05) is 0 Å². The van der Waals surface area contributed by atoms with Gasteiger partial charge in [0, 0.05) is 17.8 Å². The van der Waals surface area contributed by atoms with Crippen molar-refractivity contribution in [1.82, 2.24) is 9.55 Å². The van der Waals surface area contributed by atoms with Gasteiger partial charge in [-0.1, -0.05) is 0 Å². The van der Waals surface area contributed by atoms with E-state index in [-0.39, 0.29) is 5.76 Å². The van der Waals surface area contributed by atoms with Gasteiger partial charge in [-0.15, -0.1) is 0 Å². The van der Waals surface area contributed by atoms with E-state index in [0.717, 1.165) is 5.39 Å². The zero-order chi connectivity index (χ0) is 17.5. The number of carboxylic acid groups (broad SMARTS) is 1. The lowest BCUT2D eigenvalue weighted by Gasteiger charge is -2.19. The number of rotatable bonds is 2. The largest absolute Gasteiger partial charge is 0.475 e. The molecule has 0 spiro atoms. The zero-order valence-electron chi connectivity index (χ0n) is 13.4. The zero-order valence-corrected chi connectivity index (χ0v) is 13.4. The normalized spacial score (nSPS) is 11.6. The number of aromatic carboxylic acids is 1. The number of carbonyl (C=O) groups is 2. The first-order chi connectivity index (χ1) is 11.2. The van der Waals surface area contributed by atoms with Crippen LogP contribution in [0.1, 0.15) is 31.3 Å². The van der Waals surface area contributed by atoms with Gasteiger partial charge in [0.05, 0.1) is 5.52 Å². The summed E-state index contributed by atoms with van der Waals surface area (Å²) in [7, 11) is 0. The van der Waals surface area contributed by atoms with Crippen molar-refractivity contribution < 1.29 is 23.8 Å². The fourth-order valence-corrected chi connectivity index (χ4v) is 2.22. The Bertz CT molecular complexity index is 930. The predicted octanol–water partition coefficient (Wildman–Crippen LogP) is 3.78. The SMILES string of the molecule is CC(C)(C)OC(=O)n1ccc2cnc(-c3ccc(C(=O)O)o3)cc21. The predicted molar refractivity (Wildman–Crippen MR) is 86.0 cm³/mol. The molecule has 0 bridgehead atoms. The average molecular weight is 328 g/mol. The van der Waals surface area contributed by atoms with Crippen molar-refractivity contribution in [3.63, 3.8) is 0 Å². The molecule has 0 aliphatic carbocycles. The molecular formula is C17H16N2O5. The van der Waals surface area contributed by atoms with Gasteiger partial charge in [0.15, 0.2) is 5.76 Å². The summed E-state index contributed by atoms with van der Waals surface area (Å²) >= 11 is 0. The maximum absolute atomic E-state index is 12.3. The van der Waals surface area contributed by atoms with Gasteiger partial charge in [0.25, 0.3) is 0 Å². The van der Waals surface area contributed by atoms with E-state index >= 15 is 0 Å². The molecule has 7 heteroatoms. The Balaban J connectivity index is 2.02. The Morgan fingerprint density at radius 3 is 2.62 bits per heavy atom. The lowest BCUT2D eigenvalue weighted by Crippen LogP contribution is -2.26. The molecule has 0 aliphatic rings. The summed E-state index contributed by atoms with van der Waals surface area (Å²) in [6.07, 6.45) is 2.70. The lowest BCUT2D eigenvalue weighted by molar-refractivity contribution is 0.0543. The van der Waals surface area contributed by atoms with Crippen LogP contribution < -0.4 is 0 Å². The molecule has 1 N–H and O–H groups in total. The van der Waals surface area contributed by atoms with Crippen LogP contribution in [-0.4, -0.2) is 32.3 Å². The molecule has 3 heterocycles. The van der Waals surface area contributed by atoms with Gasteiger partial charge in [0.1, 0.15) is 11.3 Å². The van der Waals surface area contributed by atoms with Gasteiger partial charge in [0.2, 0.25) is 5.76 Å². The molecule has 3 aromatic rings. The van der Waals surface area contributed by atoms with E-state index in [1.54, 1.807) is 45.3 Å². The van der Waals surface area contributed by atoms with Crippen molar-refractivity contribution >= 4 is 23.0 Å². The topological polar surface area (TPSA) is 94.6 Å². The minimum Gasteiger partial charge on any atom is -0.475 e. The molecular weight excluding hydrogens is 312 g/mol. The molecule has 0 saturated carbocycles. The van der Waals surface area contributed by atoms with Gasteiger partial charge in [-0.25, -0.2) is 9.59 Å². The summed E-state index contributed by atoms with van der Waals surface area (Å²) in [6.45, 7) is 5.37. The first-order valence-electron chi connectivity index (χ1n) is 7.28. The second kappa shape index (κ2) is 5.52. The van der Waals surface area contributed by atoms with Gasteiger partial charge in [-0.2, -0.15) is 0 Å². The number of hydrogen-bond acceptors (Lipinski definition) is 5. The summed E-state index contributed by atoms with van der Waals surface area (Å²) in [5.74, 6) is -1.01. The first kappa shape index (κ1) is 15.8. The van der Waals surface area contributed by atoms with E-state index < -0.39 is 17.7 Å². The van der Waals surface area contributed by atoms with E-state index in [4.69, 9.17) is 14.3 Å². The van der Waals surface area contributed by atoms with Crippen molar-refractivity contribution in [2.24, 2.45) is 0 Å². The highest BCUT2D eigenvalue weighted by Gasteiger charge is 2.20. The summed E-state index contributed by atoms with van der Waals surface area (Å²) < 4.78 is 12.0. The van der Waals surface area contributed by atoms with E-state index in [2.05, 4.69) is 4.98 Å². The van der Waals surface area contributed by atoms with Crippen molar-refractivity contribution in [1.29, 1.82) is 0 Å². The molecule has 0 aliphatic heterocycles. The molecule has 7 nitrogen and oxygen atoms in total. The number of fused-ring (bicyclic) bond motifs is 1. The van der Waals surface area contributed by atoms with Crippen LogP contribution in [0.5, 0.6) is 0 Å². The van der Waals surface area contributed by atoms with Crippen LogP contribution in [0.3, 0.4) is 0 Å². The number of hydrogen-bond donors (Lipinski definition) is 1. The summed E-state index contributed by atoms with van der Waals surface area (Å²) in [4.78, 5) is 27.5. The highest BCUT2D eigenvalue weighted by molar-refractivity contribution is 5.91. The lowest BCUT2D eigenvalue weighted by atomic mass is 10.2. The third-order valence-corrected chi connectivity index (χ3v) is 3.23. The van der Waals surface area contributed by atoms with Gasteiger partial charge in [-0.3, -0.25) is 9.55 Å². The van der Waals surface area contributed by atoms with Crippen molar-refractivity contribution in [3.05, 3.63) is 42.4 Å². The number of furan rings is 1. The van der Waals surface area contributed by atoms with Gasteiger partial charge in [-0.05, 0) is 45.0 Å². The standard InChI is InChI=1S/C17H16N2O5/c1-17(2,3)24-16(22)19-7-6-10-9-18-11(8-12(10)19)13-4-5-14(23-13)15(20)21/h4-9H,1-3H3,(H,20,21). The second-order valence-electron chi connectivity index (χ2n) is 6.26. The molecule has 3 aromatic heterocycles. The average Bonchev–Trinajstić information content (AvgIpc) is 3.12.